The number of hydrogen-bond donors (Lipinski definition) is 0. The van der Waals surface area contributed by atoms with Crippen molar-refractivity contribution < 1.29 is 0 Å². The lowest BCUT2D eigenvalue weighted by Crippen LogP contribution is -2.26. The van der Waals surface area contributed by atoms with Crippen LogP contribution in [0.3, 0.4) is 0 Å². The highest BCUT2D eigenvalue weighted by molar-refractivity contribution is 5.13. The van der Waals surface area contributed by atoms with E-state index in [9.17, 15) is 4.91 Å². The first-order valence-electron chi connectivity index (χ1n) is 3.94. The first kappa shape index (κ1) is 8.40. The van der Waals surface area contributed by atoms with E-state index in [2.05, 4.69) is 23.2 Å². The van der Waals surface area contributed by atoms with E-state index in [0.29, 0.717) is 0 Å². The molecule has 1 atom stereocenters. The van der Waals surface area contributed by atoms with Gasteiger partial charge in [-0.2, -0.15) is 4.91 Å². The lowest BCUT2D eigenvalue weighted by molar-refractivity contribution is 0.354. The Morgan fingerprint density at radius 3 is 2.91 bits per heavy atom. The van der Waals surface area contributed by atoms with Crippen LogP contribution in [0.25, 0.3) is 0 Å². The Bertz CT molecular complexity index is 177. The molecule has 0 N–H and O–H groups in total. The molecule has 1 aliphatic rings. The van der Waals surface area contributed by atoms with E-state index in [1.165, 1.54) is 5.57 Å². The second kappa shape index (κ2) is 3.62. The molecule has 0 aliphatic carbocycles. The molecule has 0 aromatic heterocycles. The summed E-state index contributed by atoms with van der Waals surface area (Å²) in [5.74, 6) is 0. The molecule has 0 aromatic rings. The summed E-state index contributed by atoms with van der Waals surface area (Å²) in [5, 5.41) is 3.00. The van der Waals surface area contributed by atoms with E-state index in [0.717, 1.165) is 19.5 Å². The average molecular weight is 154 g/mol. The summed E-state index contributed by atoms with van der Waals surface area (Å²) in [6.45, 7) is 3.85. The molecular formula is C8H14N2O. The third-order valence-electron chi connectivity index (χ3n) is 2.14. The average Bonchev–Trinajstić information content (AvgIpc) is 2.05. The summed E-state index contributed by atoms with van der Waals surface area (Å²) in [6.07, 6.45) is 3.10. The Morgan fingerprint density at radius 2 is 2.45 bits per heavy atom. The monoisotopic (exact) mass is 154 g/mol. The van der Waals surface area contributed by atoms with E-state index in [4.69, 9.17) is 0 Å². The third-order valence-corrected chi connectivity index (χ3v) is 2.14. The van der Waals surface area contributed by atoms with Crippen molar-refractivity contribution in [2.45, 2.75) is 19.4 Å². The van der Waals surface area contributed by atoms with Gasteiger partial charge in [-0.15, -0.1) is 0 Å². The molecular weight excluding hydrogens is 140 g/mol. The summed E-state index contributed by atoms with van der Waals surface area (Å²) >= 11 is 0. The third kappa shape index (κ3) is 2.12. The lowest BCUT2D eigenvalue weighted by Gasteiger charge is -2.22. The fourth-order valence-electron chi connectivity index (χ4n) is 1.23. The van der Waals surface area contributed by atoms with Crippen LogP contribution in [0.4, 0.5) is 0 Å². The van der Waals surface area contributed by atoms with Crippen molar-refractivity contribution in [1.29, 1.82) is 0 Å². The predicted molar refractivity (Wildman–Crippen MR) is 45.5 cm³/mol. The second-order valence-electron chi connectivity index (χ2n) is 3.07. The smallest absolute Gasteiger partial charge is 0.110 e. The van der Waals surface area contributed by atoms with Crippen molar-refractivity contribution in [3.63, 3.8) is 0 Å². The molecule has 11 heavy (non-hydrogen) atoms. The van der Waals surface area contributed by atoms with E-state index in [-0.39, 0.29) is 6.04 Å². The molecule has 0 spiro atoms. The number of likely N-dealkylation sites (N-methyl/N-ethyl adjacent to an activating group) is 1. The van der Waals surface area contributed by atoms with Gasteiger partial charge in [0.05, 0.1) is 0 Å². The molecule has 62 valence electrons. The van der Waals surface area contributed by atoms with Gasteiger partial charge >= 0.3 is 0 Å². The molecule has 0 radical (unpaired) electrons. The van der Waals surface area contributed by atoms with Gasteiger partial charge in [-0.05, 0) is 26.0 Å². The summed E-state index contributed by atoms with van der Waals surface area (Å²) in [4.78, 5) is 12.4. The Morgan fingerprint density at radius 1 is 1.73 bits per heavy atom. The van der Waals surface area contributed by atoms with Crippen LogP contribution in [0.5, 0.6) is 0 Å². The highest BCUT2D eigenvalue weighted by atomic mass is 16.3. The fourth-order valence-corrected chi connectivity index (χ4v) is 1.23. The SMILES string of the molecule is CC(N=O)C1=CCN(C)CC1. The van der Waals surface area contributed by atoms with Crippen LogP contribution in [0.1, 0.15) is 13.3 Å². The number of nitroso groups, excluding NO2 is 1. The molecule has 1 unspecified atom stereocenters. The van der Waals surface area contributed by atoms with Crippen LogP contribution in [0.2, 0.25) is 0 Å². The minimum Gasteiger partial charge on any atom is -0.302 e. The minimum atomic E-state index is -0.122. The highest BCUT2D eigenvalue weighted by Crippen LogP contribution is 2.14. The van der Waals surface area contributed by atoms with Crippen LogP contribution >= 0.6 is 0 Å². The Labute approximate surface area is 67.1 Å². The van der Waals surface area contributed by atoms with E-state index >= 15 is 0 Å². The number of hydrogen-bond acceptors (Lipinski definition) is 3. The van der Waals surface area contributed by atoms with Gasteiger partial charge in [0.15, 0.2) is 0 Å². The molecule has 1 rings (SSSR count). The molecule has 0 fully saturated rings. The maximum Gasteiger partial charge on any atom is 0.110 e. The molecule has 1 aliphatic heterocycles. The maximum atomic E-state index is 10.2. The standard InChI is InChI=1S/C8H14N2O/c1-7(9-11)8-3-5-10(2)6-4-8/h3,7H,4-6H2,1-2H3. The first-order valence-corrected chi connectivity index (χ1v) is 3.94. The lowest BCUT2D eigenvalue weighted by atomic mass is 10.0. The van der Waals surface area contributed by atoms with E-state index in [1.54, 1.807) is 0 Å². The molecule has 3 nitrogen and oxygen atoms in total. The minimum absolute atomic E-state index is 0.122. The maximum absolute atomic E-state index is 10.2. The van der Waals surface area contributed by atoms with E-state index < -0.39 is 0 Å². The zero-order chi connectivity index (χ0) is 8.27. The molecule has 3 heteroatoms. The summed E-state index contributed by atoms with van der Waals surface area (Å²) in [6, 6.07) is -0.122. The van der Waals surface area contributed by atoms with Gasteiger partial charge in [0.2, 0.25) is 0 Å². The molecule has 1 heterocycles. The van der Waals surface area contributed by atoms with Gasteiger partial charge in [0.1, 0.15) is 6.04 Å². The predicted octanol–water partition coefficient (Wildman–Crippen LogP) is 1.40. The van der Waals surface area contributed by atoms with Gasteiger partial charge in [-0.25, -0.2) is 0 Å². The van der Waals surface area contributed by atoms with Gasteiger partial charge in [-0.3, -0.25) is 0 Å². The van der Waals surface area contributed by atoms with Crippen LogP contribution in [0.15, 0.2) is 16.8 Å². The number of rotatable bonds is 2. The Kier molecular flexibility index (Phi) is 2.76. The second-order valence-corrected chi connectivity index (χ2v) is 3.07. The first-order chi connectivity index (χ1) is 5.24. The van der Waals surface area contributed by atoms with Crippen molar-refractivity contribution in [3.8, 4) is 0 Å². The van der Waals surface area contributed by atoms with Gasteiger partial charge in [0.25, 0.3) is 0 Å². The zero-order valence-electron chi connectivity index (χ0n) is 7.08. The normalized spacial score (nSPS) is 22.5. The summed E-state index contributed by atoms with van der Waals surface area (Å²) < 4.78 is 0. The van der Waals surface area contributed by atoms with Crippen molar-refractivity contribution in [3.05, 3.63) is 16.6 Å². The highest BCUT2D eigenvalue weighted by Gasteiger charge is 2.13. The topological polar surface area (TPSA) is 32.7 Å². The largest absolute Gasteiger partial charge is 0.302 e. The van der Waals surface area contributed by atoms with Crippen molar-refractivity contribution in [2.75, 3.05) is 20.1 Å². The molecule has 0 amide bonds. The molecule has 0 saturated heterocycles. The molecule has 0 saturated carbocycles. The van der Waals surface area contributed by atoms with Crippen molar-refractivity contribution in [1.82, 2.24) is 4.90 Å². The van der Waals surface area contributed by atoms with Gasteiger partial charge in [0, 0.05) is 13.1 Å². The van der Waals surface area contributed by atoms with Gasteiger partial charge < -0.3 is 4.90 Å². The fraction of sp³-hybridized carbons (Fsp3) is 0.750. The van der Waals surface area contributed by atoms with Gasteiger partial charge in [-0.1, -0.05) is 11.3 Å². The van der Waals surface area contributed by atoms with Crippen LogP contribution in [0, 0.1) is 4.91 Å². The Balaban J connectivity index is 2.53. The van der Waals surface area contributed by atoms with Crippen molar-refractivity contribution >= 4 is 0 Å². The number of nitrogens with zero attached hydrogens (tertiary/aromatic N) is 2. The zero-order valence-corrected chi connectivity index (χ0v) is 7.08. The van der Waals surface area contributed by atoms with E-state index in [1.807, 2.05) is 6.92 Å². The van der Waals surface area contributed by atoms with Crippen LogP contribution < -0.4 is 0 Å². The molecule has 0 aromatic carbocycles. The van der Waals surface area contributed by atoms with Crippen LogP contribution in [-0.4, -0.2) is 31.1 Å². The summed E-state index contributed by atoms with van der Waals surface area (Å²) in [7, 11) is 2.08. The molecule has 0 bridgehead atoms. The quantitative estimate of drug-likeness (QED) is 0.445. The Hall–Kier alpha value is -0.700. The van der Waals surface area contributed by atoms with Crippen molar-refractivity contribution in [2.24, 2.45) is 5.18 Å². The summed E-state index contributed by atoms with van der Waals surface area (Å²) in [5.41, 5.74) is 1.19. The van der Waals surface area contributed by atoms with Crippen LogP contribution in [-0.2, 0) is 0 Å².